The van der Waals surface area contributed by atoms with Crippen LogP contribution >= 0.6 is 0 Å². The summed E-state index contributed by atoms with van der Waals surface area (Å²) in [5.41, 5.74) is 20.9. The topological polar surface area (TPSA) is 470 Å². The van der Waals surface area contributed by atoms with Gasteiger partial charge in [-0.25, -0.2) is 44.2 Å². The van der Waals surface area contributed by atoms with Crippen molar-refractivity contribution < 1.29 is 95.6 Å². The minimum Gasteiger partial charge on any atom is -0.460 e. The fourth-order valence-corrected chi connectivity index (χ4v) is 18.6. The van der Waals surface area contributed by atoms with Gasteiger partial charge in [0.1, 0.15) is 65.7 Å². The number of aliphatic hydroxyl groups is 2. The molecule has 7 aromatic rings. The number of rotatable bonds is 30. The molecule has 2 bridgehead atoms. The number of anilines is 4. The molecule has 135 heavy (non-hydrogen) atoms. The highest BCUT2D eigenvalue weighted by Crippen LogP contribution is 2.37. The molecule has 1 aliphatic carbocycles. The van der Waals surface area contributed by atoms with Crippen LogP contribution in [0.1, 0.15) is 170 Å². The molecule has 728 valence electrons. The first-order valence-corrected chi connectivity index (χ1v) is 47.3. The second kappa shape index (κ2) is 49.4. The average Bonchev–Trinajstić information content (AvgIpc) is 1.61. The zero-order chi connectivity index (χ0) is 95.6. The van der Waals surface area contributed by atoms with Crippen LogP contribution in [-0.4, -0.2) is 280 Å². The summed E-state index contributed by atoms with van der Waals surface area (Å²) in [6, 6.07) is 10.4. The molecule has 12 atom stereocenters. The van der Waals surface area contributed by atoms with Gasteiger partial charge in [0.2, 0.25) is 23.6 Å². The lowest BCUT2D eigenvalue weighted by molar-refractivity contribution is -0.169. The molecule has 2 aromatic carbocycles. The number of carbonyl (C=O) groups is 8. The van der Waals surface area contributed by atoms with Gasteiger partial charge in [-0.3, -0.25) is 28.8 Å². The van der Waals surface area contributed by atoms with Gasteiger partial charge in [0.05, 0.1) is 102 Å². The van der Waals surface area contributed by atoms with E-state index in [1.807, 2.05) is 95.7 Å². The number of esters is 1. The summed E-state index contributed by atoms with van der Waals surface area (Å²) in [7, 11) is 3.00. The number of benzene rings is 2. The molecular weight excluding hydrogens is 1740 g/mol. The Labute approximate surface area is 786 Å². The molecule has 1 saturated carbocycles. The minimum atomic E-state index is -1.34. The second-order valence-electron chi connectivity index (χ2n) is 36.2. The monoisotopic (exact) mass is 1870 g/mol. The number of nitrogens with one attached hydrogen (secondary N) is 2. The lowest BCUT2D eigenvalue weighted by Gasteiger charge is -2.40. The van der Waals surface area contributed by atoms with Crippen molar-refractivity contribution in [1.82, 2.24) is 65.1 Å². The number of alkyl carbamates (subject to hydrolysis) is 1. The summed E-state index contributed by atoms with van der Waals surface area (Å²) in [6.07, 6.45) is 20.6. The highest BCUT2D eigenvalue weighted by molar-refractivity contribution is 6.38. The molecular formula is C98H131N17O20. The number of ether oxygens (including phenoxy) is 9. The number of fused-ring (bicyclic) bond motifs is 6. The number of hydrogen-bond donors (Lipinski definition) is 6. The van der Waals surface area contributed by atoms with Crippen molar-refractivity contribution in [1.29, 1.82) is 0 Å². The number of amides is 4. The third-order valence-electron chi connectivity index (χ3n) is 26.4. The zero-order valence-electron chi connectivity index (χ0n) is 78.7. The third kappa shape index (κ3) is 27.5. The molecule has 3 unspecified atom stereocenters. The van der Waals surface area contributed by atoms with Crippen molar-refractivity contribution in [3.63, 3.8) is 0 Å². The molecule has 37 nitrogen and oxygen atoms in total. The van der Waals surface area contributed by atoms with Crippen LogP contribution in [-0.2, 0) is 97.5 Å². The van der Waals surface area contributed by atoms with Crippen LogP contribution in [0.3, 0.4) is 0 Å². The van der Waals surface area contributed by atoms with E-state index in [9.17, 15) is 48.6 Å². The van der Waals surface area contributed by atoms with E-state index in [0.29, 0.717) is 219 Å². The number of allylic oxidation sites excluding steroid dienone is 6. The number of nitrogens with two attached hydrogens (primary N) is 2. The number of ketones is 3. The van der Waals surface area contributed by atoms with E-state index >= 15 is 0 Å². The number of oxazole rings is 1. The van der Waals surface area contributed by atoms with E-state index in [2.05, 4.69) is 57.7 Å². The summed E-state index contributed by atoms with van der Waals surface area (Å²) in [6.45, 7) is 16.7. The van der Waals surface area contributed by atoms with Gasteiger partial charge >= 0.3 is 12.1 Å². The van der Waals surface area contributed by atoms with E-state index in [-0.39, 0.29) is 130 Å². The first kappa shape index (κ1) is 101. The number of Topliss-reactive ketones (excluding diaryl/α,β-unsaturated/α-hetero) is 3. The number of aromatic nitrogens is 9. The maximum absolute atomic E-state index is 14.6. The third-order valence-corrected chi connectivity index (χ3v) is 26.4. The van der Waals surface area contributed by atoms with Gasteiger partial charge in [-0.2, -0.15) is 10.1 Å². The molecule has 0 spiro atoms. The van der Waals surface area contributed by atoms with Crippen LogP contribution in [0.4, 0.5) is 28.5 Å². The SMILES string of the molecule is CO[C@H]1CC2CC[C@@H](C)C(O2)C(=O)C(=O)N2CCCC[C@H]2C(=O)O[C@H](CC[C@H]2CC[C@H](OC(=O)NCc3cnc(N4CCN(c5ncc(C(=O)NCCOCCOCCOCCOCCC(=O)N6CCc7cc(Cn8nc(-c9ccc%10oc(N)nc%10c9)c9c(N)ncnc98)ccc7C6)cn5)CC4CO)nc3)CC2)CC(=O)[C@H](C)/C=C(\C)[C@@H](O)[C@@H](OC)C(=O)[C@H](C)C[C@H](C)/C=C/C=C/C=C/1C. The molecule has 0 radical (unpaired) electrons. The predicted molar refractivity (Wildman–Crippen MR) is 501 cm³/mol. The lowest BCUT2D eigenvalue weighted by atomic mass is 9.83. The Hall–Kier alpha value is -11.4. The summed E-state index contributed by atoms with van der Waals surface area (Å²) in [5, 5.41) is 33.4. The molecule has 10 heterocycles. The maximum atomic E-state index is 14.6. The molecule has 3 saturated heterocycles. The summed E-state index contributed by atoms with van der Waals surface area (Å²) >= 11 is 0. The van der Waals surface area contributed by atoms with Crippen molar-refractivity contribution in [3.8, 4) is 11.3 Å². The largest absolute Gasteiger partial charge is 0.460 e. The minimum absolute atomic E-state index is 0.00562. The van der Waals surface area contributed by atoms with E-state index < -0.39 is 72.1 Å². The Morgan fingerprint density at radius 1 is 0.704 bits per heavy atom. The highest BCUT2D eigenvalue weighted by atomic mass is 16.6. The van der Waals surface area contributed by atoms with E-state index in [1.54, 1.807) is 45.5 Å². The van der Waals surface area contributed by atoms with Crippen LogP contribution in [0.2, 0.25) is 0 Å². The number of nitrogen functional groups attached to an aromatic ring is 2. The van der Waals surface area contributed by atoms with Crippen molar-refractivity contribution in [2.75, 3.05) is 134 Å². The van der Waals surface area contributed by atoms with Crippen molar-refractivity contribution in [3.05, 3.63) is 143 Å². The normalized spacial score (nSPS) is 25.9. The zero-order valence-corrected chi connectivity index (χ0v) is 78.7. The number of piperazine rings is 1. The van der Waals surface area contributed by atoms with Gasteiger partial charge in [0.25, 0.3) is 17.8 Å². The number of piperidine rings is 1. The van der Waals surface area contributed by atoms with Crippen molar-refractivity contribution in [2.45, 2.75) is 219 Å². The molecule has 5 aliphatic heterocycles. The van der Waals surface area contributed by atoms with E-state index in [4.69, 9.17) is 63.6 Å². The van der Waals surface area contributed by atoms with Crippen LogP contribution in [0.5, 0.6) is 0 Å². The Morgan fingerprint density at radius 3 is 2.19 bits per heavy atom. The first-order chi connectivity index (χ1) is 65.3. The highest BCUT2D eigenvalue weighted by Gasteiger charge is 2.45. The van der Waals surface area contributed by atoms with Crippen LogP contribution in [0.25, 0.3) is 33.4 Å². The first-order valence-electron chi connectivity index (χ1n) is 47.3. The number of hydrogen-bond acceptors (Lipinski definition) is 32. The lowest BCUT2D eigenvalue weighted by Crippen LogP contribution is -2.56. The average molecular weight is 1870 g/mol. The van der Waals surface area contributed by atoms with Crippen molar-refractivity contribution in [2.24, 2.45) is 29.6 Å². The standard InChI is InChI=1S/C98H131N17O20/c1-60-14-10-9-11-15-61(2)81(126-7)49-76-24-17-62(3)88(132-76)87(121)93(123)114-32-13-12-16-78(114)94(124)133-75(48-79(117)63(4)45-65(6)86(120)89(127-8)85(119)64(5)44-60)27-21-66-19-25-74(26-20-66)134-98(125)106-52-68-50-102-97(103-51-68)113-35-34-112(57-73(113)58-116)96-104-53-72(54-105-96)92(122)101-31-37-129-39-41-131-43-42-130-40-38-128-36-30-82(118)111-33-29-69-46-67(18-22-71(69)56-111)55-115-91-83(90(99)107-59-108-91)84(110-115)70-23-28-80-77(47-70)109-95(100)135-80/h9-11,14-15,18,22-23,28,45-47,50-51,53-54,59-60,62-64,66,73-76,78,81,86,88-89,116,120H,12-13,16-17,19-21,24-27,29-44,48-49,52,55-58H2,1-8H3,(H2,100,109)(H,101,122)(H,106,125)(H2,99,107,108)/b11-9+,14-10+,61-15+,65-45+/t60-,62-,63-,64-,66-,73?,74-,75-,76?,78+,81+,86-,88?,89+/m1/s1. The van der Waals surface area contributed by atoms with E-state index in [1.165, 1.54) is 36.3 Å². The Bertz CT molecular complexity index is 5310. The summed E-state index contributed by atoms with van der Waals surface area (Å²) in [5.74, 6) is -3.36. The smallest absolute Gasteiger partial charge is 0.407 e. The van der Waals surface area contributed by atoms with Gasteiger partial charge in [0.15, 0.2) is 17.0 Å². The fraction of sp³-hybridized carbons (Fsp3) is 0.571. The van der Waals surface area contributed by atoms with Crippen molar-refractivity contribution >= 4 is 93.0 Å². The Morgan fingerprint density at radius 2 is 1.44 bits per heavy atom. The van der Waals surface area contributed by atoms with E-state index in [0.717, 1.165) is 22.3 Å². The van der Waals surface area contributed by atoms with Crippen LogP contribution in [0, 0.1) is 29.6 Å². The van der Waals surface area contributed by atoms with Gasteiger partial charge in [0, 0.05) is 127 Å². The van der Waals surface area contributed by atoms with Crippen LogP contribution < -0.4 is 31.9 Å². The number of carbonyl (C=O) groups excluding carboxylic acids is 8. The van der Waals surface area contributed by atoms with Gasteiger partial charge in [-0.1, -0.05) is 82.4 Å². The number of nitrogens with zero attached hydrogens (tertiary/aromatic N) is 13. The molecule has 37 heteroatoms. The summed E-state index contributed by atoms with van der Waals surface area (Å²) < 4.78 is 60.2. The quantitative estimate of drug-likeness (QED) is 0.0106. The molecule has 4 fully saturated rings. The second-order valence-corrected chi connectivity index (χ2v) is 36.2. The molecule has 5 aromatic heterocycles. The Balaban J connectivity index is 0.485. The fourth-order valence-electron chi connectivity index (χ4n) is 18.6. The van der Waals surface area contributed by atoms with Crippen LogP contribution in [0.15, 0.2) is 120 Å². The van der Waals surface area contributed by atoms with Gasteiger partial charge in [-0.05, 0) is 161 Å². The predicted octanol–water partition coefficient (Wildman–Crippen LogP) is 9.12. The molecule has 4 amide bonds. The van der Waals surface area contributed by atoms with Gasteiger partial charge in [-0.15, -0.1) is 0 Å². The number of cyclic esters (lactones) is 1. The summed E-state index contributed by atoms with van der Waals surface area (Å²) in [4.78, 5) is 149. The maximum Gasteiger partial charge on any atom is 0.407 e. The molecule has 6 aliphatic rings. The number of methoxy groups -OCH3 is 2. The Kier molecular flexibility index (Phi) is 36.9. The molecule has 8 N–H and O–H groups in total. The molecule has 13 rings (SSSR count). The van der Waals surface area contributed by atoms with Gasteiger partial charge < -0.3 is 99.0 Å². The number of aliphatic hydroxyl groups excluding tert-OH is 2.